The molecule has 1 aliphatic heterocycles. The lowest BCUT2D eigenvalue weighted by Gasteiger charge is -2.21. The van der Waals surface area contributed by atoms with Crippen molar-refractivity contribution in [2.45, 2.75) is 25.6 Å². The first-order valence-corrected chi connectivity index (χ1v) is 8.69. The maximum absolute atomic E-state index is 9.16. The average Bonchev–Trinajstić information content (AvgIpc) is 2.71. The molecule has 3 heteroatoms. The lowest BCUT2D eigenvalue weighted by molar-refractivity contribution is -0.154. The summed E-state index contributed by atoms with van der Waals surface area (Å²) in [6.45, 7) is 1.10. The Kier molecular flexibility index (Phi) is 6.46. The first-order chi connectivity index (χ1) is 12.9. The number of nitrogens with zero attached hydrogens (tertiary/aromatic N) is 1. The van der Waals surface area contributed by atoms with Gasteiger partial charge in [0, 0.05) is 23.3 Å². The van der Waals surface area contributed by atoms with E-state index in [1.165, 1.54) is 0 Å². The van der Waals surface area contributed by atoms with E-state index >= 15 is 0 Å². The van der Waals surface area contributed by atoms with Crippen LogP contribution in [0.15, 0.2) is 48.5 Å². The van der Waals surface area contributed by atoms with Gasteiger partial charge >= 0.3 is 0 Å². The summed E-state index contributed by atoms with van der Waals surface area (Å²) in [5.41, 5.74) is 2.98. The highest BCUT2D eigenvalue weighted by Gasteiger charge is 2.12. The summed E-state index contributed by atoms with van der Waals surface area (Å²) >= 11 is 0. The van der Waals surface area contributed by atoms with Gasteiger partial charge in [-0.1, -0.05) is 47.9 Å². The van der Waals surface area contributed by atoms with Crippen molar-refractivity contribution in [1.82, 2.24) is 0 Å². The normalized spacial score (nSPS) is 15.7. The Morgan fingerprint density at radius 3 is 2.12 bits per heavy atom. The van der Waals surface area contributed by atoms with Crippen LogP contribution in [-0.4, -0.2) is 19.5 Å². The molecule has 0 amide bonds. The lowest BCUT2D eigenvalue weighted by Crippen LogP contribution is -2.22. The van der Waals surface area contributed by atoms with Crippen LogP contribution >= 0.6 is 0 Å². The Hall–Kier alpha value is -3.03. The molecule has 128 valence electrons. The van der Waals surface area contributed by atoms with Gasteiger partial charge in [-0.25, -0.2) is 0 Å². The number of benzene rings is 2. The van der Waals surface area contributed by atoms with E-state index in [0.29, 0.717) is 12.2 Å². The molecule has 3 rings (SSSR count). The quantitative estimate of drug-likeness (QED) is 0.779. The van der Waals surface area contributed by atoms with E-state index in [9.17, 15) is 0 Å². The molecule has 1 heterocycles. The van der Waals surface area contributed by atoms with Gasteiger partial charge in [-0.3, -0.25) is 0 Å². The van der Waals surface area contributed by atoms with Crippen LogP contribution in [0, 0.1) is 35.0 Å². The Morgan fingerprint density at radius 1 is 0.885 bits per heavy atom. The molecule has 2 aromatic rings. The molecule has 26 heavy (non-hydrogen) atoms. The maximum atomic E-state index is 9.16. The second-order valence-corrected chi connectivity index (χ2v) is 5.86. The topological polar surface area (TPSA) is 42.2 Å². The molecule has 1 saturated heterocycles. The molecular formula is C23H19NO2. The van der Waals surface area contributed by atoms with Crippen LogP contribution in [0.4, 0.5) is 0 Å². The first kappa shape index (κ1) is 17.8. The number of hydrogen-bond donors (Lipinski definition) is 0. The second kappa shape index (κ2) is 9.45. The summed E-state index contributed by atoms with van der Waals surface area (Å²) in [5, 5.41) is 9.16. The van der Waals surface area contributed by atoms with Crippen LogP contribution in [-0.2, 0) is 9.47 Å². The van der Waals surface area contributed by atoms with E-state index in [4.69, 9.17) is 14.7 Å². The molecule has 1 unspecified atom stereocenters. The van der Waals surface area contributed by atoms with Crippen LogP contribution in [0.2, 0.25) is 0 Å². The van der Waals surface area contributed by atoms with Crippen molar-refractivity contribution in [2.24, 2.45) is 0 Å². The molecule has 0 bridgehead atoms. The predicted molar refractivity (Wildman–Crippen MR) is 100 cm³/mol. The molecule has 1 atom stereocenters. The van der Waals surface area contributed by atoms with Crippen molar-refractivity contribution in [3.8, 4) is 29.8 Å². The molecule has 2 aromatic carbocycles. The molecule has 0 spiro atoms. The Bertz CT molecular complexity index is 913. The number of rotatable bonds is 2. The maximum Gasteiger partial charge on any atom is 0.158 e. The highest BCUT2D eigenvalue weighted by Crippen LogP contribution is 2.13. The molecule has 1 aliphatic rings. The summed E-state index contributed by atoms with van der Waals surface area (Å²) in [7, 11) is 0. The van der Waals surface area contributed by atoms with Crippen LogP contribution in [0.5, 0.6) is 0 Å². The standard InChI is InChI=1S/C23H19NO2/c24-18-22-11-4-3-10-21(22)15-14-20-9-2-1-8-19(20)12-7-17-26-23-13-5-6-16-25-23/h1-4,8-11,23H,5-6,13,16-17H2. The van der Waals surface area contributed by atoms with Crippen molar-refractivity contribution < 1.29 is 9.47 Å². The number of ether oxygens (including phenoxy) is 2. The van der Waals surface area contributed by atoms with Crippen molar-refractivity contribution in [3.63, 3.8) is 0 Å². The minimum absolute atomic E-state index is 0.129. The zero-order valence-electron chi connectivity index (χ0n) is 14.5. The van der Waals surface area contributed by atoms with Crippen LogP contribution in [0.25, 0.3) is 0 Å². The second-order valence-electron chi connectivity index (χ2n) is 5.86. The van der Waals surface area contributed by atoms with Gasteiger partial charge in [0.25, 0.3) is 0 Å². The van der Waals surface area contributed by atoms with Crippen molar-refractivity contribution >= 4 is 0 Å². The Morgan fingerprint density at radius 2 is 1.50 bits per heavy atom. The molecule has 0 aromatic heterocycles. The minimum Gasteiger partial charge on any atom is -0.353 e. The molecule has 3 nitrogen and oxygen atoms in total. The fraction of sp³-hybridized carbons (Fsp3) is 0.261. The number of hydrogen-bond acceptors (Lipinski definition) is 3. The molecular weight excluding hydrogens is 322 g/mol. The summed E-state index contributed by atoms with van der Waals surface area (Å²) in [6, 6.07) is 17.2. The van der Waals surface area contributed by atoms with Crippen LogP contribution in [0.3, 0.4) is 0 Å². The zero-order chi connectivity index (χ0) is 18.0. The average molecular weight is 341 g/mol. The molecule has 0 saturated carbocycles. The third-order valence-corrected chi connectivity index (χ3v) is 4.01. The fourth-order valence-electron chi connectivity index (χ4n) is 2.63. The van der Waals surface area contributed by atoms with E-state index < -0.39 is 0 Å². The molecule has 0 N–H and O–H groups in total. The van der Waals surface area contributed by atoms with Gasteiger partial charge in [-0.05, 0) is 43.5 Å². The largest absolute Gasteiger partial charge is 0.353 e. The van der Waals surface area contributed by atoms with Crippen molar-refractivity contribution in [1.29, 1.82) is 5.26 Å². The SMILES string of the molecule is N#Cc1ccccc1C#Cc1ccccc1C#CCOC1CCCCO1. The van der Waals surface area contributed by atoms with E-state index in [-0.39, 0.29) is 6.29 Å². The van der Waals surface area contributed by atoms with Gasteiger partial charge < -0.3 is 9.47 Å². The summed E-state index contributed by atoms with van der Waals surface area (Å²) < 4.78 is 11.2. The van der Waals surface area contributed by atoms with Crippen LogP contribution in [0.1, 0.15) is 41.5 Å². The lowest BCUT2D eigenvalue weighted by atomic mass is 10.1. The van der Waals surface area contributed by atoms with Crippen molar-refractivity contribution in [3.05, 3.63) is 70.8 Å². The molecule has 0 radical (unpaired) electrons. The van der Waals surface area contributed by atoms with E-state index in [2.05, 4.69) is 29.8 Å². The van der Waals surface area contributed by atoms with Gasteiger partial charge in [0.15, 0.2) is 6.29 Å². The van der Waals surface area contributed by atoms with Gasteiger partial charge in [0.05, 0.1) is 5.56 Å². The van der Waals surface area contributed by atoms with E-state index in [1.807, 2.05) is 42.5 Å². The highest BCUT2D eigenvalue weighted by molar-refractivity contribution is 5.55. The summed E-state index contributed by atoms with van der Waals surface area (Å²) in [6.07, 6.45) is 3.05. The Labute approximate surface area is 154 Å². The summed E-state index contributed by atoms with van der Waals surface area (Å²) in [4.78, 5) is 0. The molecule has 1 fully saturated rings. The highest BCUT2D eigenvalue weighted by atomic mass is 16.7. The van der Waals surface area contributed by atoms with Gasteiger partial charge in [0.1, 0.15) is 12.7 Å². The third kappa shape index (κ3) is 4.98. The van der Waals surface area contributed by atoms with Gasteiger partial charge in [0.2, 0.25) is 0 Å². The molecule has 0 aliphatic carbocycles. The minimum atomic E-state index is -0.129. The van der Waals surface area contributed by atoms with Gasteiger partial charge in [-0.15, -0.1) is 0 Å². The first-order valence-electron chi connectivity index (χ1n) is 8.69. The Balaban J connectivity index is 1.70. The van der Waals surface area contributed by atoms with E-state index in [0.717, 1.165) is 42.6 Å². The fourth-order valence-corrected chi connectivity index (χ4v) is 2.63. The zero-order valence-corrected chi connectivity index (χ0v) is 14.5. The van der Waals surface area contributed by atoms with Gasteiger partial charge in [-0.2, -0.15) is 5.26 Å². The third-order valence-electron chi connectivity index (χ3n) is 4.01. The smallest absolute Gasteiger partial charge is 0.158 e. The van der Waals surface area contributed by atoms with Crippen LogP contribution < -0.4 is 0 Å². The summed E-state index contributed by atoms with van der Waals surface area (Å²) in [5.74, 6) is 12.4. The predicted octanol–water partition coefficient (Wildman–Crippen LogP) is 3.85. The monoisotopic (exact) mass is 341 g/mol. The van der Waals surface area contributed by atoms with E-state index in [1.54, 1.807) is 6.07 Å². The van der Waals surface area contributed by atoms with Crippen molar-refractivity contribution in [2.75, 3.05) is 13.2 Å². The number of nitriles is 1.